The number of nitrogens with zero attached hydrogens (tertiary/aromatic N) is 1. The van der Waals surface area contributed by atoms with Crippen molar-refractivity contribution < 1.29 is 23.0 Å². The summed E-state index contributed by atoms with van der Waals surface area (Å²) in [5, 5.41) is 2.76. The van der Waals surface area contributed by atoms with Crippen LogP contribution in [0.5, 0.6) is 11.5 Å². The van der Waals surface area contributed by atoms with E-state index in [0.29, 0.717) is 36.1 Å². The fraction of sp³-hybridized carbons (Fsp3) is 0.278. The van der Waals surface area contributed by atoms with Crippen molar-refractivity contribution >= 4 is 17.3 Å². The molecule has 1 N–H and O–H groups in total. The number of amides is 1. The van der Waals surface area contributed by atoms with E-state index in [-0.39, 0.29) is 12.5 Å². The van der Waals surface area contributed by atoms with Crippen molar-refractivity contribution in [1.29, 1.82) is 0 Å². The Morgan fingerprint density at radius 1 is 1.08 bits per heavy atom. The van der Waals surface area contributed by atoms with Crippen LogP contribution in [0.3, 0.4) is 0 Å². The lowest BCUT2D eigenvalue weighted by Crippen LogP contribution is -2.30. The van der Waals surface area contributed by atoms with Crippen molar-refractivity contribution in [3.05, 3.63) is 48.0 Å². The molecule has 132 valence electrons. The second kappa shape index (κ2) is 7.38. The van der Waals surface area contributed by atoms with Crippen LogP contribution < -0.4 is 19.7 Å². The second-order valence-corrected chi connectivity index (χ2v) is 5.71. The van der Waals surface area contributed by atoms with E-state index in [9.17, 15) is 13.6 Å². The Morgan fingerprint density at radius 3 is 2.60 bits per heavy atom. The van der Waals surface area contributed by atoms with Crippen molar-refractivity contribution in [3.8, 4) is 11.5 Å². The third-order valence-electron chi connectivity index (χ3n) is 3.76. The number of carbonyl (C=O) groups excluding carboxylic acids is 1. The van der Waals surface area contributed by atoms with Crippen LogP contribution in [0, 0.1) is 11.6 Å². The first-order chi connectivity index (χ1) is 12.0. The smallest absolute Gasteiger partial charge is 0.243 e. The highest BCUT2D eigenvalue weighted by Crippen LogP contribution is 2.32. The van der Waals surface area contributed by atoms with Gasteiger partial charge >= 0.3 is 0 Å². The van der Waals surface area contributed by atoms with Gasteiger partial charge in [-0.3, -0.25) is 4.79 Å². The number of ether oxygens (including phenoxy) is 2. The van der Waals surface area contributed by atoms with Crippen molar-refractivity contribution in [2.45, 2.75) is 6.42 Å². The molecule has 2 aromatic rings. The van der Waals surface area contributed by atoms with Crippen LogP contribution in [0.25, 0.3) is 0 Å². The molecular weight excluding hydrogens is 330 g/mol. The van der Waals surface area contributed by atoms with E-state index in [0.717, 1.165) is 18.6 Å². The molecule has 0 saturated carbocycles. The minimum absolute atomic E-state index is 0.0144. The zero-order chi connectivity index (χ0) is 17.8. The van der Waals surface area contributed by atoms with Gasteiger partial charge in [0, 0.05) is 37.0 Å². The lowest BCUT2D eigenvalue weighted by molar-refractivity contribution is -0.114. The maximum absolute atomic E-state index is 13.3. The second-order valence-electron chi connectivity index (χ2n) is 5.71. The predicted molar refractivity (Wildman–Crippen MR) is 90.3 cm³/mol. The highest BCUT2D eigenvalue weighted by Gasteiger charge is 2.14. The molecule has 3 rings (SSSR count). The van der Waals surface area contributed by atoms with E-state index in [1.807, 2.05) is 0 Å². The summed E-state index contributed by atoms with van der Waals surface area (Å²) in [6.45, 7) is 1.14. The molecule has 0 radical (unpaired) electrons. The molecular formula is C18H18F2N2O3. The molecule has 7 heteroatoms. The summed E-state index contributed by atoms with van der Waals surface area (Å²) < 4.78 is 37.4. The average molecular weight is 348 g/mol. The highest BCUT2D eigenvalue weighted by atomic mass is 19.2. The maximum Gasteiger partial charge on any atom is 0.243 e. The number of benzene rings is 2. The van der Waals surface area contributed by atoms with Gasteiger partial charge in [-0.1, -0.05) is 0 Å². The van der Waals surface area contributed by atoms with Crippen LogP contribution in [0.15, 0.2) is 36.4 Å². The van der Waals surface area contributed by atoms with Crippen LogP contribution in [0.1, 0.15) is 6.42 Å². The fourth-order valence-electron chi connectivity index (χ4n) is 2.47. The molecule has 5 nitrogen and oxygen atoms in total. The lowest BCUT2D eigenvalue weighted by atomic mass is 10.2. The van der Waals surface area contributed by atoms with Crippen LogP contribution in [-0.4, -0.2) is 32.7 Å². The number of anilines is 2. The van der Waals surface area contributed by atoms with Crippen LogP contribution >= 0.6 is 0 Å². The summed E-state index contributed by atoms with van der Waals surface area (Å²) in [5.41, 5.74) is 0.987. The van der Waals surface area contributed by atoms with Crippen LogP contribution in [-0.2, 0) is 4.79 Å². The number of hydrogen-bond donors (Lipinski definition) is 1. The molecule has 0 aromatic heterocycles. The molecule has 0 saturated heterocycles. The molecule has 0 unspecified atom stereocenters. The standard InChI is InChI=1S/C18H18F2N2O3/c1-22(13-4-5-14(19)15(20)10-13)11-18(23)21-12-3-6-16-17(9-12)25-8-2-7-24-16/h3-6,9-10H,2,7-8,11H2,1H3,(H,21,23). The largest absolute Gasteiger partial charge is 0.490 e. The summed E-state index contributed by atoms with van der Waals surface area (Å²) in [7, 11) is 1.63. The van der Waals surface area contributed by atoms with Gasteiger partial charge in [0.15, 0.2) is 23.1 Å². The van der Waals surface area contributed by atoms with Gasteiger partial charge < -0.3 is 19.7 Å². The minimum atomic E-state index is -0.951. The summed E-state index contributed by atoms with van der Waals surface area (Å²) in [5.74, 6) is -0.929. The van der Waals surface area contributed by atoms with Gasteiger partial charge in [0.2, 0.25) is 5.91 Å². The van der Waals surface area contributed by atoms with Crippen LogP contribution in [0.2, 0.25) is 0 Å². The summed E-state index contributed by atoms with van der Waals surface area (Å²) >= 11 is 0. The molecule has 2 aromatic carbocycles. The fourth-order valence-corrected chi connectivity index (χ4v) is 2.47. The topological polar surface area (TPSA) is 50.8 Å². The van der Waals surface area contributed by atoms with E-state index in [2.05, 4.69) is 5.32 Å². The minimum Gasteiger partial charge on any atom is -0.490 e. The number of rotatable bonds is 4. The molecule has 0 atom stereocenters. The lowest BCUT2D eigenvalue weighted by Gasteiger charge is -2.19. The van der Waals surface area contributed by atoms with Crippen molar-refractivity contribution in [2.24, 2.45) is 0 Å². The monoisotopic (exact) mass is 348 g/mol. The number of nitrogens with one attached hydrogen (secondary N) is 1. The Labute approximate surface area is 144 Å². The van der Waals surface area contributed by atoms with Gasteiger partial charge in [-0.2, -0.15) is 0 Å². The number of hydrogen-bond acceptors (Lipinski definition) is 4. The Morgan fingerprint density at radius 2 is 1.84 bits per heavy atom. The van der Waals surface area contributed by atoms with Gasteiger partial charge in [0.05, 0.1) is 19.8 Å². The zero-order valence-corrected chi connectivity index (χ0v) is 13.7. The Bertz CT molecular complexity index is 783. The molecule has 0 spiro atoms. The van der Waals surface area contributed by atoms with Crippen molar-refractivity contribution in [2.75, 3.05) is 37.0 Å². The Hall–Kier alpha value is -2.83. The van der Waals surface area contributed by atoms with E-state index in [1.165, 1.54) is 11.0 Å². The number of carbonyl (C=O) groups is 1. The molecule has 0 fully saturated rings. The predicted octanol–water partition coefficient (Wildman–Crippen LogP) is 3.20. The first kappa shape index (κ1) is 17.0. The molecule has 0 aliphatic carbocycles. The average Bonchev–Trinajstić information content (AvgIpc) is 2.82. The molecule has 1 aliphatic rings. The normalized spacial score (nSPS) is 13.1. The van der Waals surface area contributed by atoms with E-state index in [4.69, 9.17) is 9.47 Å². The summed E-state index contributed by atoms with van der Waals surface area (Å²) in [4.78, 5) is 13.7. The third-order valence-corrected chi connectivity index (χ3v) is 3.76. The Balaban J connectivity index is 1.64. The van der Waals surface area contributed by atoms with Gasteiger partial charge in [-0.25, -0.2) is 8.78 Å². The molecule has 1 aliphatic heterocycles. The number of halogens is 2. The summed E-state index contributed by atoms with van der Waals surface area (Å²) in [6.07, 6.45) is 0.801. The first-order valence-corrected chi connectivity index (χ1v) is 7.88. The SMILES string of the molecule is CN(CC(=O)Nc1ccc2c(c1)OCCCO2)c1ccc(F)c(F)c1. The van der Waals surface area contributed by atoms with Crippen LogP contribution in [0.4, 0.5) is 20.2 Å². The van der Waals surface area contributed by atoms with E-state index < -0.39 is 11.6 Å². The highest BCUT2D eigenvalue weighted by molar-refractivity contribution is 5.94. The molecule has 1 heterocycles. The van der Waals surface area contributed by atoms with Gasteiger partial charge in [0.1, 0.15) is 0 Å². The van der Waals surface area contributed by atoms with Gasteiger partial charge in [0.25, 0.3) is 0 Å². The van der Waals surface area contributed by atoms with E-state index in [1.54, 1.807) is 25.2 Å². The van der Waals surface area contributed by atoms with Crippen molar-refractivity contribution in [1.82, 2.24) is 0 Å². The first-order valence-electron chi connectivity index (χ1n) is 7.88. The van der Waals surface area contributed by atoms with Gasteiger partial charge in [-0.15, -0.1) is 0 Å². The zero-order valence-electron chi connectivity index (χ0n) is 13.7. The number of fused-ring (bicyclic) bond motifs is 1. The van der Waals surface area contributed by atoms with E-state index >= 15 is 0 Å². The third kappa shape index (κ3) is 4.17. The molecule has 1 amide bonds. The summed E-state index contributed by atoms with van der Waals surface area (Å²) in [6, 6.07) is 8.67. The van der Waals surface area contributed by atoms with Gasteiger partial charge in [-0.05, 0) is 24.3 Å². The van der Waals surface area contributed by atoms with Crippen molar-refractivity contribution in [3.63, 3.8) is 0 Å². The molecule has 25 heavy (non-hydrogen) atoms. The number of likely N-dealkylation sites (N-methyl/N-ethyl adjacent to an activating group) is 1. The quantitative estimate of drug-likeness (QED) is 0.922. The molecule has 0 bridgehead atoms. The maximum atomic E-state index is 13.3. The Kier molecular flexibility index (Phi) is 5.02.